The number of halogens is 2. The number of nitrogens with one attached hydrogen (secondary N) is 2. The van der Waals surface area contributed by atoms with Crippen LogP contribution >= 0.6 is 27.5 Å². The zero-order valence-corrected chi connectivity index (χ0v) is 17.7. The summed E-state index contributed by atoms with van der Waals surface area (Å²) in [6, 6.07) is 8.37. The summed E-state index contributed by atoms with van der Waals surface area (Å²) < 4.78 is 1.66. The predicted molar refractivity (Wildman–Crippen MR) is 111 cm³/mol. The van der Waals surface area contributed by atoms with Gasteiger partial charge in [-0.1, -0.05) is 11.6 Å². The molecule has 2 N–H and O–H groups in total. The number of anilines is 1. The Morgan fingerprint density at radius 2 is 2.03 bits per heavy atom. The van der Waals surface area contributed by atoms with Crippen LogP contribution in [0.25, 0.3) is 5.82 Å². The van der Waals surface area contributed by atoms with E-state index in [1.807, 2.05) is 6.07 Å². The summed E-state index contributed by atoms with van der Waals surface area (Å²) in [5.41, 5.74) is 1.61. The van der Waals surface area contributed by atoms with Crippen LogP contribution in [-0.4, -0.2) is 33.6 Å². The van der Waals surface area contributed by atoms with Gasteiger partial charge < -0.3 is 10.6 Å². The number of hydrogen-bond donors (Lipinski definition) is 2. The number of hydrogen-bond acceptors (Lipinski definition) is 5. The van der Waals surface area contributed by atoms with E-state index in [1.54, 1.807) is 31.3 Å². The van der Waals surface area contributed by atoms with Crippen LogP contribution in [0.5, 0.6) is 0 Å². The van der Waals surface area contributed by atoms with Crippen molar-refractivity contribution in [2.45, 2.75) is 6.92 Å². The van der Waals surface area contributed by atoms with E-state index in [4.69, 9.17) is 16.9 Å². The molecule has 0 bridgehead atoms. The molecule has 0 aliphatic carbocycles. The Balaban J connectivity index is 1.99. The van der Waals surface area contributed by atoms with Crippen LogP contribution in [0.3, 0.4) is 0 Å². The molecule has 3 aromatic rings. The van der Waals surface area contributed by atoms with Crippen molar-refractivity contribution in [2.75, 3.05) is 12.4 Å². The van der Waals surface area contributed by atoms with Gasteiger partial charge in [-0.05, 0) is 52.7 Å². The topological polar surface area (TPSA) is 113 Å². The number of aromatic nitrogens is 3. The van der Waals surface area contributed by atoms with Crippen molar-refractivity contribution in [2.24, 2.45) is 0 Å². The number of nitriles is 1. The largest absolute Gasteiger partial charge is 0.355 e. The Bertz CT molecular complexity index is 1170. The maximum absolute atomic E-state index is 12.9. The molecular formula is C19H14BrClN6O2. The van der Waals surface area contributed by atoms with Gasteiger partial charge in [-0.3, -0.25) is 9.59 Å². The fourth-order valence-corrected chi connectivity index (χ4v) is 3.33. The van der Waals surface area contributed by atoms with E-state index in [0.717, 1.165) is 0 Å². The van der Waals surface area contributed by atoms with Gasteiger partial charge in [-0.2, -0.15) is 10.4 Å². The molecule has 2 heterocycles. The minimum absolute atomic E-state index is 0.189. The summed E-state index contributed by atoms with van der Waals surface area (Å²) in [5.74, 6) is -0.543. The molecule has 10 heteroatoms. The van der Waals surface area contributed by atoms with Crippen LogP contribution in [0.4, 0.5) is 5.69 Å². The summed E-state index contributed by atoms with van der Waals surface area (Å²) in [5, 5.41) is 19.0. The highest BCUT2D eigenvalue weighted by Crippen LogP contribution is 2.26. The summed E-state index contributed by atoms with van der Waals surface area (Å²) in [7, 11) is 1.47. The van der Waals surface area contributed by atoms with Gasteiger partial charge in [0.15, 0.2) is 5.82 Å². The molecular weight excluding hydrogens is 460 g/mol. The van der Waals surface area contributed by atoms with E-state index < -0.39 is 11.8 Å². The summed E-state index contributed by atoms with van der Waals surface area (Å²) >= 11 is 9.41. The van der Waals surface area contributed by atoms with Crippen LogP contribution in [-0.2, 0) is 0 Å². The van der Waals surface area contributed by atoms with Crippen molar-refractivity contribution in [1.82, 2.24) is 20.1 Å². The molecule has 2 amide bonds. The third kappa shape index (κ3) is 4.13. The van der Waals surface area contributed by atoms with E-state index >= 15 is 0 Å². The standard InChI is InChI=1S/C19H14BrClN6O2/c1-10-6-11(8-22)7-12(18(28)23-2)15(10)25-19(29)13-9-27(26-16(13)20)17-14(21)4-3-5-24-17/h3-7,9H,1-2H3,(H,23,28)(H,25,29). The van der Waals surface area contributed by atoms with Crippen molar-refractivity contribution < 1.29 is 9.59 Å². The number of aryl methyl sites for hydroxylation is 1. The van der Waals surface area contributed by atoms with Crippen molar-refractivity contribution in [3.05, 3.63) is 68.5 Å². The molecule has 0 atom stereocenters. The molecule has 0 unspecified atom stereocenters. The molecule has 0 aliphatic rings. The van der Waals surface area contributed by atoms with Crippen molar-refractivity contribution >= 4 is 45.0 Å². The van der Waals surface area contributed by atoms with E-state index in [0.29, 0.717) is 27.7 Å². The van der Waals surface area contributed by atoms with E-state index in [-0.39, 0.29) is 15.7 Å². The minimum atomic E-state index is -0.492. The second-order valence-electron chi connectivity index (χ2n) is 5.95. The molecule has 0 aliphatic heterocycles. The van der Waals surface area contributed by atoms with Crippen molar-refractivity contribution in [3.8, 4) is 11.9 Å². The third-order valence-electron chi connectivity index (χ3n) is 4.04. The molecule has 0 radical (unpaired) electrons. The van der Waals surface area contributed by atoms with Gasteiger partial charge in [0.1, 0.15) is 4.60 Å². The first-order chi connectivity index (χ1) is 13.8. The smallest absolute Gasteiger partial charge is 0.260 e. The second-order valence-corrected chi connectivity index (χ2v) is 7.11. The monoisotopic (exact) mass is 472 g/mol. The van der Waals surface area contributed by atoms with Crippen LogP contribution in [0.2, 0.25) is 5.02 Å². The lowest BCUT2D eigenvalue weighted by Crippen LogP contribution is -2.22. The molecule has 1 aromatic carbocycles. The Morgan fingerprint density at radius 1 is 1.28 bits per heavy atom. The first-order valence-corrected chi connectivity index (χ1v) is 9.47. The van der Waals surface area contributed by atoms with Gasteiger partial charge in [0.25, 0.3) is 11.8 Å². The lowest BCUT2D eigenvalue weighted by molar-refractivity contribution is 0.0964. The number of benzene rings is 1. The quantitative estimate of drug-likeness (QED) is 0.602. The highest BCUT2D eigenvalue weighted by Gasteiger charge is 2.21. The number of pyridine rings is 1. The van der Waals surface area contributed by atoms with E-state index in [9.17, 15) is 9.59 Å². The lowest BCUT2D eigenvalue weighted by atomic mass is 10.0. The third-order valence-corrected chi connectivity index (χ3v) is 4.93. The Kier molecular flexibility index (Phi) is 5.96. The predicted octanol–water partition coefficient (Wildman–Crippen LogP) is 3.48. The summed E-state index contributed by atoms with van der Waals surface area (Å²) in [6.45, 7) is 1.70. The van der Waals surface area contributed by atoms with Crippen LogP contribution in [0.15, 0.2) is 41.3 Å². The average Bonchev–Trinajstić information content (AvgIpc) is 3.10. The van der Waals surface area contributed by atoms with Crippen LogP contribution in [0, 0.1) is 18.3 Å². The van der Waals surface area contributed by atoms with Gasteiger partial charge >= 0.3 is 0 Å². The normalized spacial score (nSPS) is 10.3. The lowest BCUT2D eigenvalue weighted by Gasteiger charge is -2.13. The van der Waals surface area contributed by atoms with Gasteiger partial charge in [0.2, 0.25) is 0 Å². The number of rotatable bonds is 4. The number of carbonyl (C=O) groups is 2. The molecule has 2 aromatic heterocycles. The zero-order valence-electron chi connectivity index (χ0n) is 15.3. The van der Waals surface area contributed by atoms with Gasteiger partial charge in [-0.15, -0.1) is 0 Å². The molecule has 0 fully saturated rings. The first kappa shape index (κ1) is 20.5. The molecule has 29 heavy (non-hydrogen) atoms. The van der Waals surface area contributed by atoms with Gasteiger partial charge in [-0.25, -0.2) is 9.67 Å². The highest BCUT2D eigenvalue weighted by molar-refractivity contribution is 9.10. The molecule has 0 saturated heterocycles. The Labute approximate surface area is 179 Å². The SMILES string of the molecule is CNC(=O)c1cc(C#N)cc(C)c1NC(=O)c1cn(-c2ncccc2Cl)nc1Br. The average molecular weight is 474 g/mol. The fourth-order valence-electron chi connectivity index (χ4n) is 2.67. The highest BCUT2D eigenvalue weighted by atomic mass is 79.9. The zero-order chi connectivity index (χ0) is 21.1. The number of nitrogens with zero attached hydrogens (tertiary/aromatic N) is 4. The molecule has 0 spiro atoms. The minimum Gasteiger partial charge on any atom is -0.355 e. The van der Waals surface area contributed by atoms with Crippen LogP contribution < -0.4 is 10.6 Å². The molecule has 146 valence electrons. The molecule has 0 saturated carbocycles. The molecule has 3 rings (SSSR count). The Hall–Kier alpha value is -3.22. The van der Waals surface area contributed by atoms with Gasteiger partial charge in [0, 0.05) is 19.4 Å². The maximum atomic E-state index is 12.9. The number of amides is 2. The van der Waals surface area contributed by atoms with Crippen LogP contribution in [0.1, 0.15) is 31.8 Å². The first-order valence-electron chi connectivity index (χ1n) is 8.30. The summed E-state index contributed by atoms with van der Waals surface area (Å²) in [6.07, 6.45) is 3.04. The van der Waals surface area contributed by atoms with Crippen molar-refractivity contribution in [1.29, 1.82) is 5.26 Å². The van der Waals surface area contributed by atoms with E-state index in [1.165, 1.54) is 24.0 Å². The van der Waals surface area contributed by atoms with E-state index in [2.05, 4.69) is 36.6 Å². The van der Waals surface area contributed by atoms with Crippen molar-refractivity contribution in [3.63, 3.8) is 0 Å². The Morgan fingerprint density at radius 3 is 2.69 bits per heavy atom. The molecule has 8 nitrogen and oxygen atoms in total. The second kappa shape index (κ2) is 8.43. The maximum Gasteiger partial charge on any atom is 0.260 e. The van der Waals surface area contributed by atoms with Gasteiger partial charge in [0.05, 0.1) is 33.5 Å². The fraction of sp³-hybridized carbons (Fsp3) is 0.105. The summed E-state index contributed by atoms with van der Waals surface area (Å²) in [4.78, 5) is 29.3. The number of carbonyl (C=O) groups excluding carboxylic acids is 2.